The van der Waals surface area contributed by atoms with Crippen molar-refractivity contribution in [3.05, 3.63) is 99.5 Å². The van der Waals surface area contributed by atoms with Crippen LogP contribution in [0.5, 0.6) is 0 Å². The molecule has 1 aliphatic rings. The molecule has 0 aliphatic carbocycles. The first-order valence-corrected chi connectivity index (χ1v) is 12.1. The minimum absolute atomic E-state index is 0.0168. The van der Waals surface area contributed by atoms with E-state index in [-0.39, 0.29) is 30.2 Å². The lowest BCUT2D eigenvalue weighted by atomic mass is 9.93. The maximum absolute atomic E-state index is 13.6. The van der Waals surface area contributed by atoms with Gasteiger partial charge in [0, 0.05) is 24.0 Å². The second-order valence-electron chi connectivity index (χ2n) is 8.09. The number of carbonyl (C=O) groups is 2. The Morgan fingerprint density at radius 2 is 1.88 bits per heavy atom. The Morgan fingerprint density at radius 1 is 1.12 bits per heavy atom. The number of carbonyl (C=O) groups excluding carboxylic acids is 2. The number of fused-ring (bicyclic) bond motifs is 1. The van der Waals surface area contributed by atoms with Crippen LogP contribution in [0, 0.1) is 5.82 Å². The van der Waals surface area contributed by atoms with Crippen LogP contribution in [0.1, 0.15) is 41.0 Å². The largest absolute Gasteiger partial charge is 0.330 e. The highest BCUT2D eigenvalue weighted by Crippen LogP contribution is 2.37. The first kappa shape index (κ1) is 22.9. The Bertz CT molecular complexity index is 1120. The fraction of sp³-hybridized carbons (Fsp3) is 0.259. The third-order valence-corrected chi connectivity index (χ3v) is 6.82. The number of rotatable bonds is 7. The minimum Gasteiger partial charge on any atom is -0.330 e. The van der Waals surface area contributed by atoms with Crippen LogP contribution in [0.25, 0.3) is 6.08 Å². The summed E-state index contributed by atoms with van der Waals surface area (Å²) in [6, 6.07) is 17.7. The lowest BCUT2D eigenvalue weighted by Gasteiger charge is -2.37. The molecule has 170 valence electrons. The van der Waals surface area contributed by atoms with Crippen molar-refractivity contribution in [2.24, 2.45) is 0 Å². The summed E-state index contributed by atoms with van der Waals surface area (Å²) in [6.45, 7) is 3.08. The van der Waals surface area contributed by atoms with Gasteiger partial charge < -0.3 is 9.80 Å². The summed E-state index contributed by atoms with van der Waals surface area (Å²) < 4.78 is 13.6. The zero-order valence-corrected chi connectivity index (χ0v) is 19.4. The maximum Gasteiger partial charge on any atom is 0.247 e. The molecule has 2 heterocycles. The van der Waals surface area contributed by atoms with E-state index in [4.69, 9.17) is 0 Å². The molecule has 0 N–H and O–H groups in total. The van der Waals surface area contributed by atoms with Crippen molar-refractivity contribution in [3.8, 4) is 0 Å². The summed E-state index contributed by atoms with van der Waals surface area (Å²) in [5.74, 6) is -0.584. The molecule has 2 aromatic carbocycles. The van der Waals surface area contributed by atoms with Gasteiger partial charge >= 0.3 is 0 Å². The molecule has 2 amide bonds. The van der Waals surface area contributed by atoms with Crippen molar-refractivity contribution in [2.45, 2.75) is 25.8 Å². The lowest BCUT2D eigenvalue weighted by molar-refractivity contribution is -0.139. The van der Waals surface area contributed by atoms with Crippen LogP contribution in [0.4, 0.5) is 4.39 Å². The summed E-state index contributed by atoms with van der Waals surface area (Å²) >= 11 is 1.69. The van der Waals surface area contributed by atoms with Crippen LogP contribution < -0.4 is 0 Å². The van der Waals surface area contributed by atoms with E-state index < -0.39 is 0 Å². The Kier molecular flexibility index (Phi) is 7.35. The number of hydrogen-bond donors (Lipinski definition) is 0. The van der Waals surface area contributed by atoms with E-state index in [0.717, 1.165) is 29.5 Å². The van der Waals surface area contributed by atoms with Gasteiger partial charge in [0.15, 0.2) is 0 Å². The molecule has 1 unspecified atom stereocenters. The molecular weight excluding hydrogens is 435 g/mol. The van der Waals surface area contributed by atoms with E-state index in [2.05, 4.69) is 0 Å². The number of halogens is 1. The van der Waals surface area contributed by atoms with Gasteiger partial charge in [-0.05, 0) is 59.2 Å². The van der Waals surface area contributed by atoms with Crippen LogP contribution in [0.2, 0.25) is 0 Å². The third kappa shape index (κ3) is 5.40. The summed E-state index contributed by atoms with van der Waals surface area (Å²) in [6.07, 6.45) is 4.85. The quantitative estimate of drug-likeness (QED) is 0.446. The van der Waals surface area contributed by atoms with E-state index in [9.17, 15) is 14.0 Å². The van der Waals surface area contributed by atoms with Crippen LogP contribution >= 0.6 is 11.3 Å². The van der Waals surface area contributed by atoms with Gasteiger partial charge in [0.05, 0.1) is 6.04 Å². The van der Waals surface area contributed by atoms with E-state index in [1.54, 1.807) is 34.4 Å². The summed E-state index contributed by atoms with van der Waals surface area (Å²) in [5, 5.41) is 2.04. The van der Waals surface area contributed by atoms with Gasteiger partial charge in [0.1, 0.15) is 12.4 Å². The number of nitrogens with zero attached hydrogens (tertiary/aromatic N) is 2. The van der Waals surface area contributed by atoms with E-state index in [0.29, 0.717) is 13.1 Å². The first-order chi connectivity index (χ1) is 16.1. The second-order valence-corrected chi connectivity index (χ2v) is 9.09. The predicted octanol–water partition coefficient (Wildman–Crippen LogP) is 5.31. The van der Waals surface area contributed by atoms with Gasteiger partial charge in [-0.25, -0.2) is 4.39 Å². The normalized spacial score (nSPS) is 15.5. The molecule has 0 fully saturated rings. The molecule has 0 spiro atoms. The molecule has 1 aromatic heterocycles. The number of amides is 2. The Balaban J connectivity index is 1.54. The number of benzene rings is 2. The van der Waals surface area contributed by atoms with E-state index in [1.807, 2.05) is 53.6 Å². The monoisotopic (exact) mass is 462 g/mol. The molecular formula is C27H27FN2O2S. The summed E-state index contributed by atoms with van der Waals surface area (Å²) in [5.41, 5.74) is 2.90. The van der Waals surface area contributed by atoms with Gasteiger partial charge in [0.25, 0.3) is 0 Å². The van der Waals surface area contributed by atoms with E-state index in [1.165, 1.54) is 23.1 Å². The molecule has 33 heavy (non-hydrogen) atoms. The molecule has 0 saturated carbocycles. The molecule has 3 aromatic rings. The Morgan fingerprint density at radius 3 is 2.61 bits per heavy atom. The van der Waals surface area contributed by atoms with Crippen molar-refractivity contribution in [1.82, 2.24) is 9.80 Å². The predicted molar refractivity (Wildman–Crippen MR) is 130 cm³/mol. The van der Waals surface area contributed by atoms with Crippen molar-refractivity contribution >= 4 is 29.2 Å². The smallest absolute Gasteiger partial charge is 0.247 e. The van der Waals surface area contributed by atoms with Crippen molar-refractivity contribution in [3.63, 3.8) is 0 Å². The SMILES string of the molecule is CCCN(CC(=O)N1CCc2sccc2C1c1ccc(F)cc1)C(=O)/C=C/c1ccccc1. The minimum atomic E-state index is -0.303. The van der Waals surface area contributed by atoms with Crippen LogP contribution in [0.15, 0.2) is 72.1 Å². The Hall–Kier alpha value is -3.25. The van der Waals surface area contributed by atoms with Gasteiger partial charge in [-0.2, -0.15) is 0 Å². The molecule has 0 saturated heterocycles. The van der Waals surface area contributed by atoms with Crippen molar-refractivity contribution in [1.29, 1.82) is 0 Å². The molecule has 0 bridgehead atoms. The molecule has 6 heteroatoms. The van der Waals surface area contributed by atoms with Crippen LogP contribution in [-0.4, -0.2) is 41.2 Å². The van der Waals surface area contributed by atoms with Crippen molar-refractivity contribution < 1.29 is 14.0 Å². The van der Waals surface area contributed by atoms with Gasteiger partial charge in [0.2, 0.25) is 11.8 Å². The maximum atomic E-state index is 13.6. The average Bonchev–Trinajstić information content (AvgIpc) is 3.32. The number of thiophene rings is 1. The highest BCUT2D eigenvalue weighted by Gasteiger charge is 2.33. The third-order valence-electron chi connectivity index (χ3n) is 5.82. The zero-order valence-electron chi connectivity index (χ0n) is 18.6. The summed E-state index contributed by atoms with van der Waals surface area (Å²) in [7, 11) is 0. The molecule has 4 rings (SSSR count). The molecule has 1 atom stereocenters. The van der Waals surface area contributed by atoms with E-state index >= 15 is 0 Å². The average molecular weight is 463 g/mol. The second kappa shape index (κ2) is 10.6. The lowest BCUT2D eigenvalue weighted by Crippen LogP contribution is -2.46. The molecule has 1 aliphatic heterocycles. The standard InChI is InChI=1S/C27H27FN2O2S/c1-2-16-29(25(31)13-8-20-6-4-3-5-7-20)19-26(32)30-17-14-24-23(15-18-33-24)27(30)21-9-11-22(28)12-10-21/h3-13,15,18,27H,2,14,16-17,19H2,1H3/b13-8+. The van der Waals surface area contributed by atoms with Gasteiger partial charge in [-0.1, -0.05) is 49.4 Å². The van der Waals surface area contributed by atoms with Gasteiger partial charge in [-0.3, -0.25) is 9.59 Å². The highest BCUT2D eigenvalue weighted by atomic mass is 32.1. The van der Waals surface area contributed by atoms with Crippen LogP contribution in [-0.2, 0) is 16.0 Å². The Labute approximate surface area is 198 Å². The van der Waals surface area contributed by atoms with Gasteiger partial charge in [-0.15, -0.1) is 11.3 Å². The van der Waals surface area contributed by atoms with Crippen molar-refractivity contribution in [2.75, 3.05) is 19.6 Å². The summed E-state index contributed by atoms with van der Waals surface area (Å²) in [4.78, 5) is 31.1. The molecule has 4 nitrogen and oxygen atoms in total. The number of hydrogen-bond acceptors (Lipinski definition) is 3. The fourth-order valence-electron chi connectivity index (χ4n) is 4.22. The fourth-order valence-corrected chi connectivity index (χ4v) is 5.12. The zero-order chi connectivity index (χ0) is 23.2. The highest BCUT2D eigenvalue weighted by molar-refractivity contribution is 7.10. The van der Waals surface area contributed by atoms with Crippen LogP contribution in [0.3, 0.4) is 0 Å². The molecule has 0 radical (unpaired) electrons. The first-order valence-electron chi connectivity index (χ1n) is 11.2. The topological polar surface area (TPSA) is 40.6 Å².